The van der Waals surface area contributed by atoms with Gasteiger partial charge in [0, 0.05) is 40.0 Å². The van der Waals surface area contributed by atoms with Gasteiger partial charge in [-0.2, -0.15) is 0 Å². The summed E-state index contributed by atoms with van der Waals surface area (Å²) < 4.78 is 13.0. The van der Waals surface area contributed by atoms with Crippen LogP contribution in [0.4, 0.5) is 0 Å². The fraction of sp³-hybridized carbons (Fsp3) is 0.520. The first kappa shape index (κ1) is 24.7. The van der Waals surface area contributed by atoms with Crippen LogP contribution >= 0.6 is 0 Å². The molecule has 1 aliphatic rings. The van der Waals surface area contributed by atoms with Gasteiger partial charge in [0.15, 0.2) is 0 Å². The third kappa shape index (κ3) is 6.39. The maximum absolute atomic E-state index is 13.1. The van der Waals surface area contributed by atoms with Crippen molar-refractivity contribution in [3.8, 4) is 0 Å². The molecular formula is C25H34N6O4. The molecule has 0 bridgehead atoms. The van der Waals surface area contributed by atoms with Crippen molar-refractivity contribution in [3.63, 3.8) is 0 Å². The number of likely N-dealkylation sites (N-methyl/N-ethyl adjacent to an activating group) is 2. The first-order valence-corrected chi connectivity index (χ1v) is 12.1. The van der Waals surface area contributed by atoms with Crippen LogP contribution in [0, 0.1) is 5.92 Å². The zero-order chi connectivity index (χ0) is 24.8. The lowest BCUT2D eigenvalue weighted by atomic mass is 9.98. The molecule has 0 aromatic carbocycles. The topological polar surface area (TPSA) is 101 Å². The van der Waals surface area contributed by atoms with E-state index in [4.69, 9.17) is 8.83 Å². The third-order valence-corrected chi connectivity index (χ3v) is 6.47. The van der Waals surface area contributed by atoms with E-state index in [9.17, 15) is 9.59 Å². The summed E-state index contributed by atoms with van der Waals surface area (Å²) in [6, 6.07) is 7.30. The van der Waals surface area contributed by atoms with Crippen LogP contribution in [0.3, 0.4) is 0 Å². The fourth-order valence-electron chi connectivity index (χ4n) is 4.48. The van der Waals surface area contributed by atoms with Crippen LogP contribution in [0.15, 0.2) is 45.6 Å². The molecule has 10 nitrogen and oxygen atoms in total. The average Bonchev–Trinajstić information content (AvgIpc) is 3.61. The van der Waals surface area contributed by atoms with Crippen molar-refractivity contribution in [2.75, 3.05) is 33.7 Å². The van der Waals surface area contributed by atoms with E-state index in [0.29, 0.717) is 25.6 Å². The van der Waals surface area contributed by atoms with Crippen molar-refractivity contribution in [2.45, 2.75) is 45.8 Å². The van der Waals surface area contributed by atoms with E-state index in [1.807, 2.05) is 17.0 Å². The van der Waals surface area contributed by atoms with E-state index in [2.05, 4.69) is 21.7 Å². The second-order valence-corrected chi connectivity index (χ2v) is 9.23. The zero-order valence-electron chi connectivity index (χ0n) is 20.7. The third-order valence-electron chi connectivity index (χ3n) is 6.47. The molecule has 3 aromatic heterocycles. The second kappa shape index (κ2) is 11.4. The molecule has 0 fully saturated rings. The Morgan fingerprint density at radius 3 is 2.11 bits per heavy atom. The highest BCUT2D eigenvalue weighted by atomic mass is 16.3. The molecule has 0 N–H and O–H groups in total. The highest BCUT2D eigenvalue weighted by Crippen LogP contribution is 2.21. The van der Waals surface area contributed by atoms with Crippen LogP contribution < -0.4 is 0 Å². The molecule has 4 rings (SSSR count). The molecule has 0 saturated heterocycles. The predicted octanol–water partition coefficient (Wildman–Crippen LogP) is 2.21. The molecule has 10 heteroatoms. The van der Waals surface area contributed by atoms with E-state index in [-0.39, 0.29) is 24.9 Å². The lowest BCUT2D eigenvalue weighted by molar-refractivity contribution is -0.135. The Kier molecular flexibility index (Phi) is 8.02. The van der Waals surface area contributed by atoms with Crippen molar-refractivity contribution in [3.05, 3.63) is 60.0 Å². The Bertz CT molecular complexity index is 1020. The molecule has 0 radical (unpaired) electrons. The number of carbonyl (C=O) groups is 2. The highest BCUT2D eigenvalue weighted by Gasteiger charge is 2.27. The van der Waals surface area contributed by atoms with E-state index >= 15 is 0 Å². The first-order valence-electron chi connectivity index (χ1n) is 12.1. The summed E-state index contributed by atoms with van der Waals surface area (Å²) in [7, 11) is 3.51. The van der Waals surface area contributed by atoms with Gasteiger partial charge in [-0.1, -0.05) is 6.92 Å². The number of aromatic nitrogens is 3. The van der Waals surface area contributed by atoms with Crippen molar-refractivity contribution >= 4 is 11.8 Å². The zero-order valence-corrected chi connectivity index (χ0v) is 20.7. The molecular weight excluding hydrogens is 448 g/mol. The van der Waals surface area contributed by atoms with Gasteiger partial charge in [0.2, 0.25) is 11.8 Å². The smallest absolute Gasteiger partial charge is 0.236 e. The van der Waals surface area contributed by atoms with Crippen molar-refractivity contribution < 1.29 is 18.4 Å². The number of hydrogen-bond acceptors (Lipinski definition) is 7. The van der Waals surface area contributed by atoms with Crippen LogP contribution in [-0.4, -0.2) is 75.0 Å². The molecule has 0 spiro atoms. The minimum absolute atomic E-state index is 0.0575. The number of carbonyl (C=O) groups excluding carboxylic acids is 2. The summed E-state index contributed by atoms with van der Waals surface area (Å²) in [5.41, 5.74) is 0. The monoisotopic (exact) mass is 482 g/mol. The average molecular weight is 483 g/mol. The number of aryl methyl sites for hydroxylation is 2. The van der Waals surface area contributed by atoms with E-state index < -0.39 is 0 Å². The largest absolute Gasteiger partial charge is 0.467 e. The van der Waals surface area contributed by atoms with Gasteiger partial charge < -0.3 is 23.2 Å². The maximum atomic E-state index is 13.1. The summed E-state index contributed by atoms with van der Waals surface area (Å²) in [5, 5.41) is 8.62. The minimum atomic E-state index is -0.0575. The van der Waals surface area contributed by atoms with Gasteiger partial charge in [0.05, 0.1) is 38.7 Å². The number of hydrogen-bond donors (Lipinski definition) is 0. The first-order chi connectivity index (χ1) is 16.9. The molecule has 4 heterocycles. The number of amides is 2. The standard InChI is InChI=1S/C25H34N6O4/c1-4-22-26-27-23-10-9-19(14-31(22)23)13-30(17-24(32)28(2)15-20-7-5-11-34-20)18-25(33)29(3)16-21-8-6-12-35-21/h5-8,11-12,19H,4,9-10,13-18H2,1-3H3/t19-/m0/s1. The van der Waals surface area contributed by atoms with Crippen LogP contribution in [-0.2, 0) is 42.1 Å². The number of rotatable bonds is 11. The van der Waals surface area contributed by atoms with E-state index in [1.54, 1.807) is 48.6 Å². The Balaban J connectivity index is 1.42. The lowest BCUT2D eigenvalue weighted by Crippen LogP contribution is -2.46. The summed E-state index contributed by atoms with van der Waals surface area (Å²) in [4.78, 5) is 31.4. The Morgan fingerprint density at radius 2 is 1.60 bits per heavy atom. The van der Waals surface area contributed by atoms with Crippen LogP contribution in [0.1, 0.15) is 36.5 Å². The van der Waals surface area contributed by atoms with Gasteiger partial charge in [0.1, 0.15) is 23.2 Å². The van der Waals surface area contributed by atoms with Crippen molar-refractivity contribution in [1.82, 2.24) is 29.5 Å². The predicted molar refractivity (Wildman–Crippen MR) is 128 cm³/mol. The van der Waals surface area contributed by atoms with Crippen LogP contribution in [0.2, 0.25) is 0 Å². The quantitative estimate of drug-likeness (QED) is 0.413. The number of fused-ring (bicyclic) bond motifs is 1. The molecule has 1 aliphatic heterocycles. The minimum Gasteiger partial charge on any atom is -0.467 e. The second-order valence-electron chi connectivity index (χ2n) is 9.23. The summed E-state index contributed by atoms with van der Waals surface area (Å²) in [5.74, 6) is 3.64. The molecule has 188 valence electrons. The van der Waals surface area contributed by atoms with Gasteiger partial charge in [-0.15, -0.1) is 10.2 Å². The Labute approximate surface area is 205 Å². The summed E-state index contributed by atoms with van der Waals surface area (Å²) in [6.45, 7) is 4.61. The molecule has 1 atom stereocenters. The maximum Gasteiger partial charge on any atom is 0.236 e. The fourth-order valence-corrected chi connectivity index (χ4v) is 4.48. The Hall–Kier alpha value is -3.40. The van der Waals surface area contributed by atoms with Gasteiger partial charge in [0.25, 0.3) is 0 Å². The molecule has 0 saturated carbocycles. The van der Waals surface area contributed by atoms with Crippen LogP contribution in [0.25, 0.3) is 0 Å². The molecule has 3 aromatic rings. The van der Waals surface area contributed by atoms with Crippen LogP contribution in [0.5, 0.6) is 0 Å². The van der Waals surface area contributed by atoms with Gasteiger partial charge >= 0.3 is 0 Å². The van der Waals surface area contributed by atoms with Gasteiger partial charge in [-0.05, 0) is 36.6 Å². The highest BCUT2D eigenvalue weighted by molar-refractivity contribution is 5.81. The molecule has 2 amide bonds. The number of nitrogens with zero attached hydrogens (tertiary/aromatic N) is 6. The molecule has 35 heavy (non-hydrogen) atoms. The lowest BCUT2D eigenvalue weighted by Gasteiger charge is -2.31. The van der Waals surface area contributed by atoms with Crippen molar-refractivity contribution in [2.24, 2.45) is 5.92 Å². The van der Waals surface area contributed by atoms with Gasteiger partial charge in [-0.25, -0.2) is 0 Å². The molecule has 0 aliphatic carbocycles. The van der Waals surface area contributed by atoms with E-state index in [1.165, 1.54) is 0 Å². The molecule has 0 unspecified atom stereocenters. The normalized spacial score (nSPS) is 15.3. The Morgan fingerprint density at radius 1 is 1.00 bits per heavy atom. The number of furan rings is 2. The SMILES string of the molecule is CCc1nnc2n1C[C@H](CN(CC(=O)N(C)Cc1ccco1)CC(=O)N(C)Cc1ccco1)CC2. The summed E-state index contributed by atoms with van der Waals surface area (Å²) >= 11 is 0. The van der Waals surface area contributed by atoms with Gasteiger partial charge in [-0.3, -0.25) is 14.5 Å². The van der Waals surface area contributed by atoms with Crippen molar-refractivity contribution in [1.29, 1.82) is 0 Å². The summed E-state index contributed by atoms with van der Waals surface area (Å²) in [6.07, 6.45) is 5.83. The van der Waals surface area contributed by atoms with E-state index in [0.717, 1.165) is 49.0 Å².